The first-order chi connectivity index (χ1) is 11.7. The van der Waals surface area contributed by atoms with Crippen molar-refractivity contribution >= 4 is 40.9 Å². The SMILES string of the molecule is COCC1(NC(=O)Cc2cccs2)C(=O)N2[C@@H](C(=O)O)C(C)(C)S[C@@H]21. The number of β-lactam (4-membered cyclic amide) rings is 1. The van der Waals surface area contributed by atoms with Crippen LogP contribution in [0.25, 0.3) is 0 Å². The third-order valence-corrected chi connectivity index (χ3v) is 7.09. The number of carbonyl (C=O) groups is 3. The zero-order chi connectivity index (χ0) is 18.4. The molecule has 2 fully saturated rings. The van der Waals surface area contributed by atoms with Crippen LogP contribution in [0.4, 0.5) is 0 Å². The lowest BCUT2D eigenvalue weighted by atomic mass is 9.85. The Morgan fingerprint density at radius 3 is 2.72 bits per heavy atom. The average molecular weight is 384 g/mol. The van der Waals surface area contributed by atoms with E-state index in [0.29, 0.717) is 0 Å². The van der Waals surface area contributed by atoms with Crippen LogP contribution in [0.5, 0.6) is 0 Å². The summed E-state index contributed by atoms with van der Waals surface area (Å²) in [6.07, 6.45) is 0.180. The van der Waals surface area contributed by atoms with Gasteiger partial charge in [-0.2, -0.15) is 0 Å². The molecule has 1 aromatic rings. The van der Waals surface area contributed by atoms with Gasteiger partial charge in [0.15, 0.2) is 5.54 Å². The first kappa shape index (κ1) is 18.2. The number of hydrogen-bond acceptors (Lipinski definition) is 6. The van der Waals surface area contributed by atoms with Crippen molar-refractivity contribution in [2.45, 2.75) is 42.0 Å². The summed E-state index contributed by atoms with van der Waals surface area (Å²) in [7, 11) is 1.46. The molecule has 3 rings (SSSR count). The molecule has 0 bridgehead atoms. The molecule has 2 saturated heterocycles. The van der Waals surface area contributed by atoms with Gasteiger partial charge in [-0.05, 0) is 25.3 Å². The third-order valence-electron chi connectivity index (χ3n) is 4.53. The Hall–Kier alpha value is -1.58. The minimum absolute atomic E-state index is 0.0125. The normalized spacial score (nSPS) is 29.9. The topological polar surface area (TPSA) is 95.9 Å². The van der Waals surface area contributed by atoms with E-state index in [4.69, 9.17) is 4.74 Å². The number of thiophene rings is 1. The zero-order valence-corrected chi connectivity index (χ0v) is 15.8. The first-order valence-corrected chi connectivity index (χ1v) is 9.54. The van der Waals surface area contributed by atoms with E-state index in [9.17, 15) is 19.5 Å². The van der Waals surface area contributed by atoms with E-state index in [1.165, 1.54) is 35.1 Å². The molecule has 0 radical (unpaired) electrons. The van der Waals surface area contributed by atoms with Gasteiger partial charge in [-0.1, -0.05) is 6.07 Å². The second kappa shape index (κ2) is 6.30. The molecule has 1 aromatic heterocycles. The van der Waals surface area contributed by atoms with E-state index in [1.54, 1.807) is 13.8 Å². The van der Waals surface area contributed by atoms with E-state index >= 15 is 0 Å². The molecule has 0 saturated carbocycles. The van der Waals surface area contributed by atoms with E-state index < -0.39 is 33.6 Å². The van der Waals surface area contributed by atoms with E-state index in [-0.39, 0.29) is 18.9 Å². The number of thioether (sulfide) groups is 1. The summed E-state index contributed by atoms with van der Waals surface area (Å²) >= 11 is 2.86. The monoisotopic (exact) mass is 384 g/mol. The highest BCUT2D eigenvalue weighted by atomic mass is 32.2. The number of ether oxygens (including phenoxy) is 1. The van der Waals surface area contributed by atoms with Crippen molar-refractivity contribution in [3.05, 3.63) is 22.4 Å². The van der Waals surface area contributed by atoms with Gasteiger partial charge in [0.1, 0.15) is 11.4 Å². The number of nitrogens with zero attached hydrogens (tertiary/aromatic N) is 1. The van der Waals surface area contributed by atoms with Crippen LogP contribution in [0.3, 0.4) is 0 Å². The largest absolute Gasteiger partial charge is 0.480 e. The molecule has 2 aliphatic heterocycles. The minimum Gasteiger partial charge on any atom is -0.480 e. The number of carboxylic acid groups (broad SMARTS) is 1. The molecule has 2 aliphatic rings. The van der Waals surface area contributed by atoms with Crippen molar-refractivity contribution in [3.63, 3.8) is 0 Å². The fraction of sp³-hybridized carbons (Fsp3) is 0.562. The Bertz CT molecular complexity index is 705. The van der Waals surface area contributed by atoms with Gasteiger partial charge < -0.3 is 20.1 Å². The van der Waals surface area contributed by atoms with Gasteiger partial charge >= 0.3 is 5.97 Å². The van der Waals surface area contributed by atoms with Crippen LogP contribution in [0, 0.1) is 0 Å². The molecular weight excluding hydrogens is 364 g/mol. The summed E-state index contributed by atoms with van der Waals surface area (Å²) in [5, 5.41) is 13.8. The Balaban J connectivity index is 1.83. The number of amides is 2. The first-order valence-electron chi connectivity index (χ1n) is 7.78. The molecule has 9 heteroatoms. The highest BCUT2D eigenvalue weighted by molar-refractivity contribution is 8.01. The molecule has 0 spiro atoms. The second-order valence-electron chi connectivity index (χ2n) is 6.74. The van der Waals surface area contributed by atoms with Crippen LogP contribution in [-0.4, -0.2) is 63.2 Å². The van der Waals surface area contributed by atoms with Gasteiger partial charge in [-0.3, -0.25) is 9.59 Å². The molecule has 136 valence electrons. The maximum Gasteiger partial charge on any atom is 0.327 e. The maximum absolute atomic E-state index is 12.9. The average Bonchev–Trinajstić information content (AvgIpc) is 3.10. The number of carboxylic acids is 1. The molecule has 0 aromatic carbocycles. The van der Waals surface area contributed by atoms with E-state index in [0.717, 1.165) is 4.88 Å². The lowest BCUT2D eigenvalue weighted by Crippen LogP contribution is -2.81. The molecule has 2 amide bonds. The Morgan fingerprint density at radius 2 is 2.16 bits per heavy atom. The van der Waals surface area contributed by atoms with Crippen molar-refractivity contribution < 1.29 is 24.2 Å². The summed E-state index contributed by atoms with van der Waals surface area (Å²) in [5.41, 5.74) is -1.21. The highest BCUT2D eigenvalue weighted by Gasteiger charge is 2.72. The number of rotatable bonds is 6. The Labute approximate surface area is 153 Å². The molecular formula is C16H20N2O5S2. The molecule has 3 heterocycles. The van der Waals surface area contributed by atoms with Crippen LogP contribution >= 0.6 is 23.1 Å². The fourth-order valence-corrected chi connectivity index (χ4v) is 5.89. The molecule has 1 unspecified atom stereocenters. The van der Waals surface area contributed by atoms with Crippen molar-refractivity contribution in [1.82, 2.24) is 10.2 Å². The van der Waals surface area contributed by atoms with Crippen molar-refractivity contribution in [3.8, 4) is 0 Å². The van der Waals surface area contributed by atoms with Crippen LogP contribution < -0.4 is 5.32 Å². The quantitative estimate of drug-likeness (QED) is 0.709. The summed E-state index contributed by atoms with van der Waals surface area (Å²) in [6.45, 7) is 3.61. The van der Waals surface area contributed by atoms with E-state index in [1.807, 2.05) is 17.5 Å². The number of methoxy groups -OCH3 is 1. The molecule has 3 atom stereocenters. The second-order valence-corrected chi connectivity index (χ2v) is 9.50. The molecule has 7 nitrogen and oxygen atoms in total. The Morgan fingerprint density at radius 1 is 1.44 bits per heavy atom. The minimum atomic E-state index is -1.21. The predicted octanol–water partition coefficient (Wildman–Crippen LogP) is 0.939. The summed E-state index contributed by atoms with van der Waals surface area (Å²) in [5.74, 6) is -1.71. The number of carbonyl (C=O) groups excluding carboxylic acids is 2. The fourth-order valence-electron chi connectivity index (χ4n) is 3.50. The van der Waals surface area contributed by atoms with Gasteiger partial charge in [0, 0.05) is 16.7 Å². The smallest absolute Gasteiger partial charge is 0.327 e. The third kappa shape index (κ3) is 2.84. The lowest BCUT2D eigenvalue weighted by Gasteiger charge is -2.52. The lowest BCUT2D eigenvalue weighted by molar-refractivity contribution is -0.172. The van der Waals surface area contributed by atoms with Gasteiger partial charge in [-0.25, -0.2) is 4.79 Å². The van der Waals surface area contributed by atoms with Gasteiger partial charge in [0.25, 0.3) is 5.91 Å². The maximum atomic E-state index is 12.9. The van der Waals surface area contributed by atoms with E-state index in [2.05, 4.69) is 5.32 Å². The summed E-state index contributed by atoms with van der Waals surface area (Å²) in [6, 6.07) is 2.80. The van der Waals surface area contributed by atoms with Gasteiger partial charge in [-0.15, -0.1) is 23.1 Å². The standard InChI is InChI=1S/C16H20N2O5S2/c1-15(2)11(12(20)21)18-13(22)16(8-23-3,14(18)25-15)17-10(19)7-9-5-4-6-24-9/h4-6,11,14H,7-8H2,1-3H3,(H,17,19)(H,20,21)/t11-,14+,16?/m0/s1. The van der Waals surface area contributed by atoms with Gasteiger partial charge in [0.05, 0.1) is 13.0 Å². The van der Waals surface area contributed by atoms with Gasteiger partial charge in [0.2, 0.25) is 5.91 Å². The van der Waals surface area contributed by atoms with Crippen LogP contribution in [0.15, 0.2) is 17.5 Å². The van der Waals surface area contributed by atoms with Crippen molar-refractivity contribution in [2.24, 2.45) is 0 Å². The Kier molecular flexibility index (Phi) is 4.59. The van der Waals surface area contributed by atoms with Crippen LogP contribution in [-0.2, 0) is 25.5 Å². The summed E-state index contributed by atoms with van der Waals surface area (Å²) in [4.78, 5) is 39.2. The zero-order valence-electron chi connectivity index (χ0n) is 14.1. The number of fused-ring (bicyclic) bond motifs is 1. The van der Waals surface area contributed by atoms with Crippen LogP contribution in [0.1, 0.15) is 18.7 Å². The predicted molar refractivity (Wildman–Crippen MR) is 94.5 cm³/mol. The molecule has 2 N–H and O–H groups in total. The molecule has 0 aliphatic carbocycles. The summed E-state index contributed by atoms with van der Waals surface area (Å²) < 4.78 is 4.55. The number of aliphatic carboxylic acids is 1. The molecule has 25 heavy (non-hydrogen) atoms. The number of nitrogens with one attached hydrogen (secondary N) is 1. The number of hydrogen-bond donors (Lipinski definition) is 2. The highest BCUT2D eigenvalue weighted by Crippen LogP contribution is 2.54. The van der Waals surface area contributed by atoms with Crippen LogP contribution in [0.2, 0.25) is 0 Å². The van der Waals surface area contributed by atoms with Crippen molar-refractivity contribution in [1.29, 1.82) is 0 Å². The van der Waals surface area contributed by atoms with Crippen molar-refractivity contribution in [2.75, 3.05) is 13.7 Å².